The smallest absolute Gasteiger partial charge is 0.256 e. The van der Waals surface area contributed by atoms with Crippen LogP contribution in [-0.2, 0) is 10.2 Å². The van der Waals surface area contributed by atoms with E-state index in [9.17, 15) is 9.59 Å². The van der Waals surface area contributed by atoms with Crippen molar-refractivity contribution in [1.82, 2.24) is 15.2 Å². The second kappa shape index (κ2) is 11.0. The van der Waals surface area contributed by atoms with Gasteiger partial charge in [0.1, 0.15) is 6.54 Å². The fourth-order valence-electron chi connectivity index (χ4n) is 5.01. The molecule has 7 heteroatoms. The van der Waals surface area contributed by atoms with Crippen molar-refractivity contribution in [3.63, 3.8) is 0 Å². The Kier molecular flexibility index (Phi) is 7.83. The number of pyridine rings is 1. The molecule has 0 unspecified atom stereocenters. The van der Waals surface area contributed by atoms with Crippen LogP contribution < -0.4 is 11.1 Å². The second-order valence-electron chi connectivity index (χ2n) is 9.16. The van der Waals surface area contributed by atoms with Crippen molar-refractivity contribution in [2.45, 2.75) is 37.1 Å². The number of carbonyl (C=O) groups is 2. The van der Waals surface area contributed by atoms with Gasteiger partial charge in [-0.1, -0.05) is 54.1 Å². The van der Waals surface area contributed by atoms with E-state index >= 15 is 0 Å². The first kappa shape index (κ1) is 24.9. The molecule has 1 aliphatic carbocycles. The average Bonchev–Trinajstić information content (AvgIpc) is 2.92. The first-order valence-corrected chi connectivity index (χ1v) is 12.3. The first-order chi connectivity index (χ1) is 17.0. The van der Waals surface area contributed by atoms with Crippen LogP contribution in [0.3, 0.4) is 0 Å². The Balaban J connectivity index is 1.58. The van der Waals surface area contributed by atoms with Crippen LogP contribution >= 0.6 is 11.6 Å². The van der Waals surface area contributed by atoms with Crippen LogP contribution in [0.4, 0.5) is 0 Å². The number of benzene rings is 2. The lowest BCUT2D eigenvalue weighted by Gasteiger charge is -2.43. The van der Waals surface area contributed by atoms with Gasteiger partial charge in [-0.3, -0.25) is 14.6 Å². The quantitative estimate of drug-likeness (QED) is 0.512. The number of amides is 2. The molecule has 0 atom stereocenters. The summed E-state index contributed by atoms with van der Waals surface area (Å²) in [6.45, 7) is 0.509. The third-order valence-electron chi connectivity index (χ3n) is 7.13. The number of likely N-dealkylation sites (N-methyl/N-ethyl adjacent to an activating group) is 1. The summed E-state index contributed by atoms with van der Waals surface area (Å²) >= 11 is 6.26. The van der Waals surface area contributed by atoms with Crippen molar-refractivity contribution < 1.29 is 9.59 Å². The Morgan fingerprint density at radius 1 is 1.06 bits per heavy atom. The topological polar surface area (TPSA) is 88.3 Å². The fraction of sp³-hybridized carbons (Fsp3) is 0.321. The number of halogens is 1. The number of carbonyl (C=O) groups excluding carboxylic acids is 2. The summed E-state index contributed by atoms with van der Waals surface area (Å²) in [7, 11) is 1.59. The lowest BCUT2D eigenvalue weighted by atomic mass is 9.68. The summed E-state index contributed by atoms with van der Waals surface area (Å²) in [5.74, 6) is -0.386. The highest BCUT2D eigenvalue weighted by molar-refractivity contribution is 6.30. The molecule has 3 aromatic rings. The molecule has 3 N–H and O–H groups in total. The minimum atomic E-state index is -0.198. The normalized spacial score (nSPS) is 19.7. The molecule has 0 aliphatic heterocycles. The molecule has 0 radical (unpaired) electrons. The molecular weight excluding hydrogens is 460 g/mol. The van der Waals surface area contributed by atoms with Crippen LogP contribution in [0.2, 0.25) is 5.02 Å². The molecule has 0 spiro atoms. The highest BCUT2D eigenvalue weighted by atomic mass is 35.5. The molecule has 35 heavy (non-hydrogen) atoms. The van der Waals surface area contributed by atoms with E-state index in [1.807, 2.05) is 54.6 Å². The zero-order valence-electron chi connectivity index (χ0n) is 19.9. The van der Waals surface area contributed by atoms with E-state index in [1.165, 1.54) is 0 Å². The molecule has 1 aliphatic rings. The van der Waals surface area contributed by atoms with Crippen LogP contribution in [0.1, 0.15) is 41.6 Å². The molecule has 182 valence electrons. The van der Waals surface area contributed by atoms with Crippen LogP contribution in [0, 0.1) is 0 Å². The number of nitrogens with one attached hydrogen (secondary N) is 1. The fourth-order valence-corrected chi connectivity index (χ4v) is 5.20. The molecule has 6 nitrogen and oxygen atoms in total. The standard InChI is InChI=1S/C28H31ClN4O2/c1-31-26(34)18-33(27(35)22-14-21(16-32-17-22)20-6-3-2-4-7-20)25-10-12-28(19-30,13-11-25)23-8-5-9-24(29)15-23/h2-9,14-17,25H,10-13,18-19,30H2,1H3,(H,31,34)/t25-,28-. The lowest BCUT2D eigenvalue weighted by molar-refractivity contribution is -0.121. The van der Waals surface area contributed by atoms with Gasteiger partial charge in [-0.25, -0.2) is 0 Å². The summed E-state index contributed by atoms with van der Waals surface area (Å²) in [6, 6.07) is 19.5. The molecule has 0 saturated heterocycles. The van der Waals surface area contributed by atoms with Crippen LogP contribution in [0.25, 0.3) is 11.1 Å². The number of nitrogens with two attached hydrogens (primary N) is 1. The highest BCUT2D eigenvalue weighted by Gasteiger charge is 2.39. The van der Waals surface area contributed by atoms with Gasteiger partial charge in [0.15, 0.2) is 0 Å². The van der Waals surface area contributed by atoms with Crippen LogP contribution in [0.15, 0.2) is 73.1 Å². The summed E-state index contributed by atoms with van der Waals surface area (Å²) < 4.78 is 0. The number of aromatic nitrogens is 1. The van der Waals surface area contributed by atoms with Gasteiger partial charge in [-0.05, 0) is 55.0 Å². The Hall–Kier alpha value is -3.22. The van der Waals surface area contributed by atoms with Crippen molar-refractivity contribution >= 4 is 23.4 Å². The van der Waals surface area contributed by atoms with Gasteiger partial charge in [0.2, 0.25) is 5.91 Å². The van der Waals surface area contributed by atoms with Crippen molar-refractivity contribution in [2.75, 3.05) is 20.1 Å². The van der Waals surface area contributed by atoms with Crippen LogP contribution in [-0.4, -0.2) is 47.9 Å². The van der Waals surface area contributed by atoms with E-state index in [-0.39, 0.29) is 29.8 Å². The summed E-state index contributed by atoms with van der Waals surface area (Å²) in [6.07, 6.45) is 6.44. The molecule has 2 aromatic carbocycles. The maximum atomic E-state index is 13.7. The van der Waals surface area contributed by atoms with E-state index in [4.69, 9.17) is 17.3 Å². The molecule has 1 heterocycles. The molecule has 0 bridgehead atoms. The Bertz CT molecular complexity index is 1180. The van der Waals surface area contributed by atoms with E-state index in [0.29, 0.717) is 17.1 Å². The molecule has 1 aromatic heterocycles. The predicted octanol–water partition coefficient (Wildman–Crippen LogP) is 4.43. The van der Waals surface area contributed by atoms with Gasteiger partial charge in [-0.2, -0.15) is 0 Å². The van der Waals surface area contributed by atoms with Gasteiger partial charge in [0, 0.05) is 48.0 Å². The number of nitrogens with zero attached hydrogens (tertiary/aromatic N) is 2. The van der Waals surface area contributed by atoms with E-state index in [2.05, 4.69) is 16.4 Å². The Morgan fingerprint density at radius 2 is 1.80 bits per heavy atom. The van der Waals surface area contributed by atoms with Crippen molar-refractivity contribution in [2.24, 2.45) is 5.73 Å². The lowest BCUT2D eigenvalue weighted by Crippen LogP contribution is -2.50. The maximum absolute atomic E-state index is 13.7. The zero-order valence-corrected chi connectivity index (χ0v) is 20.7. The minimum Gasteiger partial charge on any atom is -0.358 e. The monoisotopic (exact) mass is 490 g/mol. The van der Waals surface area contributed by atoms with Crippen molar-refractivity contribution in [3.05, 3.63) is 89.2 Å². The summed E-state index contributed by atoms with van der Waals surface area (Å²) in [4.78, 5) is 32.1. The number of hydrogen-bond donors (Lipinski definition) is 2. The average molecular weight is 491 g/mol. The Morgan fingerprint density at radius 3 is 2.46 bits per heavy atom. The van der Waals surface area contributed by atoms with Gasteiger partial charge < -0.3 is 16.0 Å². The van der Waals surface area contributed by atoms with E-state index < -0.39 is 0 Å². The number of hydrogen-bond acceptors (Lipinski definition) is 4. The SMILES string of the molecule is CNC(=O)CN(C(=O)c1cncc(-c2ccccc2)c1)[C@H]1CC[C@](CN)(c2cccc(Cl)c2)CC1. The summed E-state index contributed by atoms with van der Waals surface area (Å²) in [5, 5.41) is 3.35. The zero-order chi connectivity index (χ0) is 24.8. The van der Waals surface area contributed by atoms with E-state index in [0.717, 1.165) is 42.4 Å². The molecule has 1 fully saturated rings. The maximum Gasteiger partial charge on any atom is 0.256 e. The van der Waals surface area contributed by atoms with Crippen LogP contribution in [0.5, 0.6) is 0 Å². The largest absolute Gasteiger partial charge is 0.358 e. The van der Waals surface area contributed by atoms with Crippen molar-refractivity contribution in [3.8, 4) is 11.1 Å². The molecular formula is C28H31ClN4O2. The predicted molar refractivity (Wildman–Crippen MR) is 139 cm³/mol. The Labute approximate surface area is 211 Å². The third kappa shape index (κ3) is 5.55. The van der Waals surface area contributed by atoms with E-state index in [1.54, 1.807) is 24.3 Å². The summed E-state index contributed by atoms with van der Waals surface area (Å²) in [5.41, 5.74) is 9.54. The third-order valence-corrected chi connectivity index (χ3v) is 7.36. The molecule has 2 amide bonds. The first-order valence-electron chi connectivity index (χ1n) is 11.9. The van der Waals surface area contributed by atoms with Gasteiger partial charge >= 0.3 is 0 Å². The minimum absolute atomic E-state index is 0.00234. The van der Waals surface area contributed by atoms with Crippen molar-refractivity contribution in [1.29, 1.82) is 0 Å². The molecule has 4 rings (SSSR count). The number of rotatable bonds is 7. The van der Waals surface area contributed by atoms with Gasteiger partial charge in [-0.15, -0.1) is 0 Å². The van der Waals surface area contributed by atoms with Gasteiger partial charge in [0.25, 0.3) is 5.91 Å². The van der Waals surface area contributed by atoms with Gasteiger partial charge in [0.05, 0.1) is 5.56 Å². The second-order valence-corrected chi connectivity index (χ2v) is 9.60. The highest BCUT2D eigenvalue weighted by Crippen LogP contribution is 2.41. The molecule has 1 saturated carbocycles.